The minimum Gasteiger partial charge on any atom is -0.352 e. The number of nitrogens with one attached hydrogen (secondary N) is 2. The molecule has 3 aromatic heterocycles. The second-order valence-corrected chi connectivity index (χ2v) is 11.2. The highest BCUT2D eigenvalue weighted by atomic mass is 35.5. The fourth-order valence-corrected chi connectivity index (χ4v) is 6.00. The van der Waals surface area contributed by atoms with Gasteiger partial charge in [0, 0.05) is 65.8 Å². The number of pyridine rings is 1. The molecule has 15 heteroatoms. The van der Waals surface area contributed by atoms with Crippen LogP contribution in [-0.4, -0.2) is 34.8 Å². The molecule has 46 heavy (non-hydrogen) atoms. The van der Waals surface area contributed by atoms with E-state index >= 15 is 0 Å². The first-order valence-corrected chi connectivity index (χ1v) is 14.4. The van der Waals surface area contributed by atoms with E-state index in [0.717, 1.165) is 9.13 Å². The van der Waals surface area contributed by atoms with Crippen LogP contribution in [0.25, 0.3) is 27.4 Å². The molecule has 0 saturated heterocycles. The van der Waals surface area contributed by atoms with E-state index in [1.807, 2.05) is 0 Å². The number of nitrogens with zero attached hydrogens (tertiary/aromatic N) is 6. The van der Waals surface area contributed by atoms with Gasteiger partial charge in [0.15, 0.2) is 11.6 Å². The Balaban J connectivity index is 1.54. The largest absolute Gasteiger partial charge is 0.359 e. The highest BCUT2D eigenvalue weighted by Crippen LogP contribution is 2.35. The van der Waals surface area contributed by atoms with Crippen LogP contribution in [0, 0.1) is 17.5 Å². The van der Waals surface area contributed by atoms with E-state index in [1.165, 1.54) is 6.20 Å². The van der Waals surface area contributed by atoms with Crippen molar-refractivity contribution >= 4 is 50.8 Å². The number of fused-ring (bicyclic) bond motifs is 7. The zero-order valence-electron chi connectivity index (χ0n) is 23.9. The molecule has 0 fully saturated rings. The van der Waals surface area contributed by atoms with Gasteiger partial charge in [-0.25, -0.2) is 27.3 Å². The normalized spacial score (nSPS) is 13.3. The van der Waals surface area contributed by atoms with Gasteiger partial charge in [0.2, 0.25) is 11.9 Å². The lowest BCUT2D eigenvalue weighted by atomic mass is 10.0. The average Bonchev–Trinajstić information content (AvgIpc) is 3.39. The summed E-state index contributed by atoms with van der Waals surface area (Å²) >= 11 is 6.70. The van der Waals surface area contributed by atoms with Gasteiger partial charge in [0.25, 0.3) is 0 Å². The number of anilines is 2. The Morgan fingerprint density at radius 2 is 1.80 bits per heavy atom. The van der Waals surface area contributed by atoms with Crippen molar-refractivity contribution in [1.29, 1.82) is 0 Å². The van der Waals surface area contributed by atoms with Gasteiger partial charge < -0.3 is 10.6 Å². The summed E-state index contributed by atoms with van der Waals surface area (Å²) < 4.78 is 46.3. The summed E-state index contributed by atoms with van der Waals surface area (Å²) in [6, 6.07) is 7.84. The van der Waals surface area contributed by atoms with Crippen LogP contribution in [0.5, 0.6) is 0 Å². The molecule has 232 valence electrons. The lowest BCUT2D eigenvalue weighted by molar-refractivity contribution is -0.121. The second kappa shape index (κ2) is 11.1. The Labute approximate surface area is 261 Å². The molecule has 11 nitrogen and oxygen atoms in total. The Hall–Kier alpha value is -5.50. The summed E-state index contributed by atoms with van der Waals surface area (Å²) in [5, 5.41) is 12.1. The first-order chi connectivity index (χ1) is 22.1. The van der Waals surface area contributed by atoms with Crippen molar-refractivity contribution in [3.8, 4) is 5.69 Å². The number of benzene rings is 3. The van der Waals surface area contributed by atoms with Crippen molar-refractivity contribution in [2.45, 2.75) is 25.9 Å². The van der Waals surface area contributed by atoms with E-state index in [2.05, 4.69) is 25.7 Å². The van der Waals surface area contributed by atoms with Gasteiger partial charge in [-0.1, -0.05) is 29.8 Å². The van der Waals surface area contributed by atoms with E-state index < -0.39 is 35.4 Å². The van der Waals surface area contributed by atoms with Gasteiger partial charge >= 0.3 is 11.4 Å². The molecular formula is C31H22ClF3N8O3. The van der Waals surface area contributed by atoms with Crippen LogP contribution < -0.4 is 22.0 Å². The quantitative estimate of drug-likeness (QED) is 0.269. The second-order valence-electron chi connectivity index (χ2n) is 10.8. The highest BCUT2D eigenvalue weighted by molar-refractivity contribution is 6.34. The number of aromatic nitrogens is 6. The molecule has 6 aromatic rings. The van der Waals surface area contributed by atoms with Crippen LogP contribution in [-0.2, 0) is 31.4 Å². The van der Waals surface area contributed by atoms with E-state index in [9.17, 15) is 27.6 Å². The molecule has 2 bridgehead atoms. The highest BCUT2D eigenvalue weighted by Gasteiger charge is 2.24. The predicted molar refractivity (Wildman–Crippen MR) is 164 cm³/mol. The number of carbonyl (C=O) groups is 1. The molecule has 1 amide bonds. The first-order valence-electron chi connectivity index (χ1n) is 14.0. The minimum atomic E-state index is -1.40. The van der Waals surface area contributed by atoms with Gasteiger partial charge in [-0.05, 0) is 24.1 Å². The van der Waals surface area contributed by atoms with Crippen LogP contribution in [0.2, 0.25) is 5.02 Å². The van der Waals surface area contributed by atoms with Crippen molar-refractivity contribution in [2.75, 3.05) is 5.32 Å². The summed E-state index contributed by atoms with van der Waals surface area (Å²) in [6.07, 6.45) is 4.91. The summed E-state index contributed by atoms with van der Waals surface area (Å²) in [6.45, 7) is -0.672. The molecule has 0 spiro atoms. The Morgan fingerprint density at radius 3 is 2.63 bits per heavy atom. The summed E-state index contributed by atoms with van der Waals surface area (Å²) in [4.78, 5) is 49.5. The lowest BCUT2D eigenvalue weighted by Gasteiger charge is -2.19. The molecule has 0 unspecified atom stereocenters. The molecule has 0 aliphatic carbocycles. The van der Waals surface area contributed by atoms with E-state index in [1.54, 1.807) is 48.4 Å². The Kier molecular flexibility index (Phi) is 7.08. The molecule has 2 N–H and O–H groups in total. The summed E-state index contributed by atoms with van der Waals surface area (Å²) in [5.41, 5.74) is -0.447. The van der Waals surface area contributed by atoms with Gasteiger partial charge in [-0.2, -0.15) is 10.1 Å². The number of carbonyl (C=O) groups excluding carboxylic acids is 1. The van der Waals surface area contributed by atoms with Gasteiger partial charge in [0.05, 0.1) is 34.7 Å². The van der Waals surface area contributed by atoms with Crippen LogP contribution in [0.4, 0.5) is 24.8 Å². The van der Waals surface area contributed by atoms with Crippen molar-refractivity contribution in [3.05, 3.63) is 115 Å². The standard InChI is InChI=1S/C31H22ClF3N8O3/c1-41-14-19-18-11-37-26(44)6-5-15-3-2-4-16-10-36-12-25(27(15)16)43-30(45)39-29(38-28(18)20(32)8-24(19)40-41)42(31(43)46)13-17-7-22(34)23(35)9-21(17)33/h2-4,7-10,12,14H,5-6,11,13H2,1H3,(H,37,44)(H,38,39,45). The topological polar surface area (TPSA) is 129 Å². The minimum absolute atomic E-state index is 0.0201. The van der Waals surface area contributed by atoms with Crippen LogP contribution in [0.3, 0.4) is 0 Å². The summed E-state index contributed by atoms with van der Waals surface area (Å²) in [5.74, 6) is -4.49. The molecule has 0 atom stereocenters. The average molecular weight is 647 g/mol. The Morgan fingerprint density at radius 1 is 1.00 bits per heavy atom. The molecule has 5 heterocycles. The van der Waals surface area contributed by atoms with Gasteiger partial charge in [0.1, 0.15) is 5.82 Å². The van der Waals surface area contributed by atoms with Crippen molar-refractivity contribution < 1.29 is 18.0 Å². The SMILES string of the molecule is Cn1cc2c3c(c(Cl)cc2n1)Nc1nc(=O)n(c(=O)n1Cc1cc(F)c(F)cc1F)-c1cncc2cccc(c12)CCC(=O)NC3. The van der Waals surface area contributed by atoms with Crippen molar-refractivity contribution in [3.63, 3.8) is 0 Å². The number of hydrogen-bond acceptors (Lipinski definition) is 7. The molecule has 0 saturated carbocycles. The maximum atomic E-state index is 15.0. The molecule has 2 aliphatic heterocycles. The maximum absolute atomic E-state index is 15.0. The number of aryl methyl sites for hydroxylation is 2. The Bertz CT molecular complexity index is 2360. The van der Waals surface area contributed by atoms with Gasteiger partial charge in [-0.3, -0.25) is 19.0 Å². The number of rotatable bonds is 2. The molecule has 8 rings (SSSR count). The molecule has 3 aromatic carbocycles. The molecular weight excluding hydrogens is 625 g/mol. The zero-order chi connectivity index (χ0) is 32.3. The first kappa shape index (κ1) is 29.2. The third kappa shape index (κ3) is 4.96. The third-order valence-electron chi connectivity index (χ3n) is 7.89. The summed E-state index contributed by atoms with van der Waals surface area (Å²) in [7, 11) is 1.71. The molecule has 2 aliphatic rings. The smallest absolute Gasteiger partial charge is 0.352 e. The van der Waals surface area contributed by atoms with Crippen LogP contribution in [0.15, 0.2) is 64.6 Å². The number of halogens is 4. The number of amides is 1. The zero-order valence-corrected chi connectivity index (χ0v) is 24.7. The maximum Gasteiger partial charge on any atom is 0.359 e. The van der Waals surface area contributed by atoms with E-state index in [4.69, 9.17) is 11.6 Å². The van der Waals surface area contributed by atoms with E-state index in [-0.39, 0.29) is 53.2 Å². The fraction of sp³-hybridized carbons (Fsp3) is 0.161. The van der Waals surface area contributed by atoms with E-state index in [0.29, 0.717) is 44.9 Å². The predicted octanol–water partition coefficient (Wildman–Crippen LogP) is 4.25. The van der Waals surface area contributed by atoms with Crippen molar-refractivity contribution in [1.82, 2.24) is 34.2 Å². The van der Waals surface area contributed by atoms with Gasteiger partial charge in [-0.15, -0.1) is 0 Å². The third-order valence-corrected chi connectivity index (χ3v) is 8.18. The fourth-order valence-electron chi connectivity index (χ4n) is 5.73. The van der Waals surface area contributed by atoms with Crippen LogP contribution in [0.1, 0.15) is 23.1 Å². The van der Waals surface area contributed by atoms with Crippen LogP contribution >= 0.6 is 11.6 Å². The number of hydrogen-bond donors (Lipinski definition) is 2. The molecule has 0 radical (unpaired) electrons. The monoisotopic (exact) mass is 646 g/mol. The lowest BCUT2D eigenvalue weighted by Crippen LogP contribution is -2.42. The van der Waals surface area contributed by atoms with Crippen molar-refractivity contribution in [2.24, 2.45) is 7.05 Å².